The summed E-state index contributed by atoms with van der Waals surface area (Å²) < 4.78 is 40.1. The molecular weight excluding hydrogens is 528 g/mol. The summed E-state index contributed by atoms with van der Waals surface area (Å²) in [6.07, 6.45) is -7.91. The first-order valence-electron chi connectivity index (χ1n) is 10.2. The van der Waals surface area contributed by atoms with Gasteiger partial charge in [0.2, 0.25) is 5.91 Å². The van der Waals surface area contributed by atoms with Crippen LogP contribution in [0.3, 0.4) is 0 Å². The summed E-state index contributed by atoms with van der Waals surface area (Å²) >= 11 is 11.9. The van der Waals surface area contributed by atoms with E-state index in [4.69, 9.17) is 23.2 Å². The van der Waals surface area contributed by atoms with Gasteiger partial charge in [0.1, 0.15) is 6.54 Å². The van der Waals surface area contributed by atoms with Crippen molar-refractivity contribution in [2.24, 2.45) is 0 Å². The molecule has 2 unspecified atom stereocenters. The Morgan fingerprint density at radius 1 is 1.11 bits per heavy atom. The molecule has 0 fully saturated rings. The van der Waals surface area contributed by atoms with Gasteiger partial charge in [0, 0.05) is 21.2 Å². The fraction of sp³-hybridized carbons (Fsp3) is 0.273. The van der Waals surface area contributed by atoms with Gasteiger partial charge in [-0.3, -0.25) is 9.36 Å². The minimum atomic E-state index is -5.02. The van der Waals surface area contributed by atoms with Gasteiger partial charge in [-0.25, -0.2) is 14.3 Å². The second kappa shape index (κ2) is 10.3. The number of halogens is 5. The average molecular weight is 547 g/mol. The number of carboxylic acid groups (broad SMARTS) is 1. The Morgan fingerprint density at radius 2 is 1.72 bits per heavy atom. The van der Waals surface area contributed by atoms with E-state index in [-0.39, 0.29) is 22.0 Å². The summed E-state index contributed by atoms with van der Waals surface area (Å²) in [7, 11) is 0. The molecular formula is C22H19Cl2F3N4O5. The minimum Gasteiger partial charge on any atom is -0.479 e. The molecule has 2 aromatic carbocycles. The normalized spacial score (nSPS) is 14.2. The van der Waals surface area contributed by atoms with Crippen LogP contribution < -0.4 is 11.0 Å². The van der Waals surface area contributed by atoms with Crippen LogP contribution >= 0.6 is 23.2 Å². The molecule has 0 aliphatic carbocycles. The predicted molar refractivity (Wildman–Crippen MR) is 124 cm³/mol. The maximum atomic E-state index is 13.0. The van der Waals surface area contributed by atoms with Crippen molar-refractivity contribution < 1.29 is 33.0 Å². The Hall–Kier alpha value is -3.35. The van der Waals surface area contributed by atoms with Crippen LogP contribution in [0.4, 0.5) is 13.2 Å². The number of aliphatic hydroxyl groups excluding tert-OH is 1. The maximum absolute atomic E-state index is 13.0. The van der Waals surface area contributed by atoms with Crippen LogP contribution in [0.15, 0.2) is 53.3 Å². The van der Waals surface area contributed by atoms with Crippen molar-refractivity contribution in [3.8, 4) is 11.4 Å². The highest BCUT2D eigenvalue weighted by Gasteiger charge is 2.40. The summed E-state index contributed by atoms with van der Waals surface area (Å²) in [5.41, 5.74) is -2.86. The van der Waals surface area contributed by atoms with Crippen molar-refractivity contribution in [3.63, 3.8) is 0 Å². The van der Waals surface area contributed by atoms with E-state index in [9.17, 15) is 37.8 Å². The number of carbonyl (C=O) groups excluding carboxylic acids is 1. The number of aliphatic hydroxyl groups is 1. The number of carboxylic acids is 1. The number of carbonyl (C=O) groups is 2. The Balaban J connectivity index is 1.98. The third kappa shape index (κ3) is 5.72. The van der Waals surface area contributed by atoms with Gasteiger partial charge in [-0.1, -0.05) is 41.4 Å². The second-order valence-corrected chi connectivity index (χ2v) is 8.74. The topological polar surface area (TPSA) is 126 Å². The van der Waals surface area contributed by atoms with Gasteiger partial charge in [-0.05, 0) is 37.3 Å². The number of hydrogen-bond acceptors (Lipinski definition) is 5. The third-order valence-corrected chi connectivity index (χ3v) is 5.86. The summed E-state index contributed by atoms with van der Waals surface area (Å²) in [5.74, 6) is -2.69. The fourth-order valence-corrected chi connectivity index (χ4v) is 3.81. The van der Waals surface area contributed by atoms with Gasteiger partial charge in [-0.15, -0.1) is 5.10 Å². The lowest BCUT2D eigenvalue weighted by Gasteiger charge is -2.27. The average Bonchev–Trinajstić information content (AvgIpc) is 3.08. The zero-order valence-electron chi connectivity index (χ0n) is 18.5. The molecule has 3 aromatic rings. The first-order chi connectivity index (χ1) is 16.7. The monoisotopic (exact) mass is 546 g/mol. The number of rotatable bonds is 8. The van der Waals surface area contributed by atoms with E-state index in [0.29, 0.717) is 14.3 Å². The molecule has 0 saturated heterocycles. The molecule has 2 atom stereocenters. The molecule has 1 amide bonds. The van der Waals surface area contributed by atoms with Gasteiger partial charge in [0.15, 0.2) is 17.5 Å². The van der Waals surface area contributed by atoms with Crippen molar-refractivity contribution in [1.29, 1.82) is 0 Å². The highest BCUT2D eigenvalue weighted by molar-refractivity contribution is 6.31. The second-order valence-electron chi connectivity index (χ2n) is 7.90. The Morgan fingerprint density at radius 3 is 2.28 bits per heavy atom. The summed E-state index contributed by atoms with van der Waals surface area (Å²) in [5, 5.41) is 25.9. The van der Waals surface area contributed by atoms with Crippen LogP contribution in [0, 0.1) is 0 Å². The summed E-state index contributed by atoms with van der Waals surface area (Å²) in [6.45, 7) is -0.828. The van der Waals surface area contributed by atoms with Crippen molar-refractivity contribution in [3.05, 3.63) is 74.6 Å². The first kappa shape index (κ1) is 27.2. The van der Waals surface area contributed by atoms with Crippen molar-refractivity contribution in [2.75, 3.05) is 0 Å². The van der Waals surface area contributed by atoms with Gasteiger partial charge < -0.3 is 15.5 Å². The fourth-order valence-electron chi connectivity index (χ4n) is 3.35. The standard InChI is InChI=1S/C22H19Cl2F3N4O5/c1-21(19(34)35,14-4-2-3-5-15(14)24)28-17(33)11-31-20(36)30(10-16(32)22(25,26)27)18(29-31)12-6-8-13(23)9-7-12/h2-9,16,32H,10-11H2,1H3,(H,28,33)(H,34,35). The van der Waals surface area contributed by atoms with Crippen LogP contribution in [-0.4, -0.2) is 48.7 Å². The molecule has 9 nitrogen and oxygen atoms in total. The van der Waals surface area contributed by atoms with Crippen LogP contribution in [0.5, 0.6) is 0 Å². The molecule has 0 bridgehead atoms. The lowest BCUT2D eigenvalue weighted by molar-refractivity contribution is -0.207. The largest absolute Gasteiger partial charge is 0.479 e. The van der Waals surface area contributed by atoms with E-state index < -0.39 is 48.5 Å². The molecule has 192 valence electrons. The number of benzene rings is 2. The number of hydrogen-bond donors (Lipinski definition) is 3. The Kier molecular flexibility index (Phi) is 7.82. The van der Waals surface area contributed by atoms with Crippen LogP contribution in [0.1, 0.15) is 12.5 Å². The molecule has 3 N–H and O–H groups in total. The van der Waals surface area contributed by atoms with E-state index in [2.05, 4.69) is 10.4 Å². The van der Waals surface area contributed by atoms with Crippen molar-refractivity contribution >= 4 is 35.1 Å². The number of nitrogens with zero attached hydrogens (tertiary/aromatic N) is 3. The lowest BCUT2D eigenvalue weighted by Crippen LogP contribution is -2.51. The van der Waals surface area contributed by atoms with Gasteiger partial charge >= 0.3 is 17.8 Å². The lowest BCUT2D eigenvalue weighted by atomic mass is 9.92. The van der Waals surface area contributed by atoms with Crippen molar-refractivity contribution in [2.45, 2.75) is 37.8 Å². The van der Waals surface area contributed by atoms with Crippen LogP contribution in [0.25, 0.3) is 11.4 Å². The third-order valence-electron chi connectivity index (χ3n) is 5.28. The van der Waals surface area contributed by atoms with E-state index in [1.54, 1.807) is 6.07 Å². The Labute approximate surface area is 211 Å². The van der Waals surface area contributed by atoms with E-state index >= 15 is 0 Å². The molecule has 3 rings (SSSR count). The number of nitrogens with one attached hydrogen (secondary N) is 1. The number of aromatic nitrogens is 3. The molecule has 0 spiro atoms. The highest BCUT2D eigenvalue weighted by Crippen LogP contribution is 2.28. The van der Waals surface area contributed by atoms with E-state index in [1.807, 2.05) is 0 Å². The van der Waals surface area contributed by atoms with E-state index in [0.717, 1.165) is 0 Å². The van der Waals surface area contributed by atoms with Crippen molar-refractivity contribution in [1.82, 2.24) is 19.7 Å². The summed E-state index contributed by atoms with van der Waals surface area (Å²) in [6, 6.07) is 11.5. The minimum absolute atomic E-state index is 0.0651. The predicted octanol–water partition coefficient (Wildman–Crippen LogP) is 3.06. The van der Waals surface area contributed by atoms with Crippen LogP contribution in [-0.2, 0) is 28.2 Å². The summed E-state index contributed by atoms with van der Waals surface area (Å²) in [4.78, 5) is 37.7. The van der Waals surface area contributed by atoms with Gasteiger partial charge in [0.05, 0.1) is 6.54 Å². The maximum Gasteiger partial charge on any atom is 0.416 e. The quantitative estimate of drug-likeness (QED) is 0.398. The number of aliphatic carboxylic acids is 1. The van der Waals surface area contributed by atoms with Gasteiger partial charge in [-0.2, -0.15) is 13.2 Å². The molecule has 0 aliphatic heterocycles. The smallest absolute Gasteiger partial charge is 0.416 e. The zero-order chi connectivity index (χ0) is 26.8. The van der Waals surface area contributed by atoms with Gasteiger partial charge in [0.25, 0.3) is 0 Å². The molecule has 0 radical (unpaired) electrons. The number of amides is 1. The SMILES string of the molecule is CC(NC(=O)Cn1nc(-c2ccc(Cl)cc2)n(CC(O)C(F)(F)F)c1=O)(C(=O)O)c1ccccc1Cl. The van der Waals surface area contributed by atoms with Crippen LogP contribution in [0.2, 0.25) is 10.0 Å². The van der Waals surface area contributed by atoms with E-state index in [1.165, 1.54) is 49.4 Å². The molecule has 1 heterocycles. The number of alkyl halides is 3. The Bertz CT molecular complexity index is 1340. The molecule has 36 heavy (non-hydrogen) atoms. The molecule has 0 saturated carbocycles. The molecule has 14 heteroatoms. The molecule has 1 aromatic heterocycles. The highest BCUT2D eigenvalue weighted by atomic mass is 35.5. The first-order valence-corrected chi connectivity index (χ1v) is 11.0. The molecule has 0 aliphatic rings. The zero-order valence-corrected chi connectivity index (χ0v) is 20.0.